The molecule has 0 saturated carbocycles. The fourth-order valence-electron chi connectivity index (χ4n) is 3.32. The van der Waals surface area contributed by atoms with E-state index in [1.807, 2.05) is 4.72 Å². The van der Waals surface area contributed by atoms with Crippen molar-refractivity contribution in [1.29, 1.82) is 0 Å². The van der Waals surface area contributed by atoms with Crippen LogP contribution in [0.2, 0.25) is 10.0 Å². The Morgan fingerprint density at radius 1 is 1.18 bits per heavy atom. The molecule has 2 heterocycles. The molecule has 8 nitrogen and oxygen atoms in total. The predicted molar refractivity (Wildman–Crippen MR) is 124 cm³/mol. The standard InChI is InChI=1S/C20H18Cl2F2N4O4S2/c1-20(2)8-25-17(10-3-11(21)5-12(22)4-10)18(32-20)31-15-6-14(24)16(7-13(15)23)34(29,30)28-19-26-9-27-33-19/h3-7,9,17-18,25H,8H2,1-2H3,(H,26,27,28)/t17-,18+/m1/s1. The minimum Gasteiger partial charge on any atom is -0.460 e. The van der Waals surface area contributed by atoms with E-state index in [2.05, 4.69) is 14.7 Å². The van der Waals surface area contributed by atoms with Crippen LogP contribution in [0.1, 0.15) is 25.5 Å². The van der Waals surface area contributed by atoms with Crippen molar-refractivity contribution in [3.63, 3.8) is 0 Å². The molecule has 14 heteroatoms. The molecular weight excluding hydrogens is 533 g/mol. The van der Waals surface area contributed by atoms with Gasteiger partial charge < -0.3 is 14.8 Å². The third-order valence-electron chi connectivity index (χ3n) is 4.80. The second-order valence-corrected chi connectivity index (χ2v) is 11.3. The Hall–Kier alpha value is -2.09. The summed E-state index contributed by atoms with van der Waals surface area (Å²) in [7, 11) is -4.45. The maximum Gasteiger partial charge on any atom is 0.266 e. The number of aromatic nitrogens is 2. The first-order chi connectivity index (χ1) is 15.9. The smallest absolute Gasteiger partial charge is 0.266 e. The maximum absolute atomic E-state index is 14.9. The average molecular weight is 551 g/mol. The number of rotatable bonds is 6. The van der Waals surface area contributed by atoms with Crippen molar-refractivity contribution in [3.8, 4) is 5.75 Å². The van der Waals surface area contributed by atoms with Gasteiger partial charge in [-0.15, -0.1) is 0 Å². The van der Waals surface area contributed by atoms with E-state index in [4.69, 9.17) is 32.7 Å². The Bertz CT molecular complexity index is 1290. The van der Waals surface area contributed by atoms with Crippen LogP contribution in [0.4, 0.5) is 13.9 Å². The Labute approximate surface area is 208 Å². The Morgan fingerprint density at radius 2 is 1.88 bits per heavy atom. The van der Waals surface area contributed by atoms with Gasteiger partial charge in [0.15, 0.2) is 11.6 Å². The number of halogens is 4. The highest BCUT2D eigenvalue weighted by molar-refractivity contribution is 7.93. The van der Waals surface area contributed by atoms with Crippen LogP contribution in [0.15, 0.2) is 41.6 Å². The first kappa shape index (κ1) is 25.0. The zero-order chi connectivity index (χ0) is 24.7. The predicted octanol–water partition coefficient (Wildman–Crippen LogP) is 4.77. The van der Waals surface area contributed by atoms with Crippen LogP contribution in [0.5, 0.6) is 5.75 Å². The zero-order valence-electron chi connectivity index (χ0n) is 17.7. The quantitative estimate of drug-likeness (QED) is 0.455. The number of benzene rings is 2. The molecule has 2 aromatic carbocycles. The Balaban J connectivity index is 1.64. The maximum atomic E-state index is 14.9. The second-order valence-electron chi connectivity index (χ2n) is 7.99. The number of nitrogens with one attached hydrogen (secondary N) is 2. The van der Waals surface area contributed by atoms with Crippen molar-refractivity contribution in [1.82, 2.24) is 14.7 Å². The van der Waals surface area contributed by atoms with E-state index in [0.717, 1.165) is 17.9 Å². The van der Waals surface area contributed by atoms with Crippen LogP contribution < -0.4 is 14.8 Å². The molecule has 1 saturated heterocycles. The van der Waals surface area contributed by atoms with Crippen molar-refractivity contribution >= 4 is 49.9 Å². The molecule has 0 aliphatic carbocycles. The van der Waals surface area contributed by atoms with E-state index in [0.29, 0.717) is 34.3 Å². The van der Waals surface area contributed by atoms with Gasteiger partial charge in [0, 0.05) is 40.3 Å². The van der Waals surface area contributed by atoms with E-state index in [9.17, 15) is 17.2 Å². The summed E-state index contributed by atoms with van der Waals surface area (Å²) in [5.74, 6) is -2.86. The van der Waals surface area contributed by atoms with E-state index < -0.39 is 50.2 Å². The summed E-state index contributed by atoms with van der Waals surface area (Å²) in [5.41, 5.74) is -0.0904. The Morgan fingerprint density at radius 3 is 2.53 bits per heavy atom. The number of hydrogen-bond donors (Lipinski definition) is 2. The second kappa shape index (κ2) is 9.51. The monoisotopic (exact) mass is 550 g/mol. The molecular formula is C20H18Cl2F2N4O4S2. The highest BCUT2D eigenvalue weighted by Gasteiger charge is 2.39. The summed E-state index contributed by atoms with van der Waals surface area (Å²) in [5, 5.41) is 3.91. The van der Waals surface area contributed by atoms with Gasteiger partial charge in [-0.1, -0.05) is 23.2 Å². The summed E-state index contributed by atoms with van der Waals surface area (Å²) < 4.78 is 72.1. The van der Waals surface area contributed by atoms with Crippen LogP contribution in [-0.2, 0) is 14.8 Å². The summed E-state index contributed by atoms with van der Waals surface area (Å²) in [4.78, 5) is 2.76. The van der Waals surface area contributed by atoms with Gasteiger partial charge in [-0.25, -0.2) is 22.2 Å². The molecule has 2 N–H and O–H groups in total. The van der Waals surface area contributed by atoms with Gasteiger partial charge in [-0.2, -0.15) is 4.37 Å². The lowest BCUT2D eigenvalue weighted by molar-refractivity contribution is -0.198. The summed E-state index contributed by atoms with van der Waals surface area (Å²) in [6.45, 7) is 4.01. The first-order valence-corrected chi connectivity index (χ1v) is 12.8. The number of sulfonamides is 1. The molecule has 0 amide bonds. The molecule has 3 aromatic rings. The highest BCUT2D eigenvalue weighted by Crippen LogP contribution is 2.35. The lowest BCUT2D eigenvalue weighted by Crippen LogP contribution is -2.54. The van der Waals surface area contributed by atoms with Crippen molar-refractivity contribution in [2.45, 2.75) is 36.7 Å². The summed E-state index contributed by atoms with van der Waals surface area (Å²) in [6.07, 6.45) is 0.00810. The average Bonchev–Trinajstić information content (AvgIpc) is 3.21. The molecule has 1 aromatic heterocycles. The van der Waals surface area contributed by atoms with E-state index in [1.165, 1.54) is 0 Å². The molecule has 1 fully saturated rings. The highest BCUT2D eigenvalue weighted by atomic mass is 35.5. The van der Waals surface area contributed by atoms with Crippen LogP contribution in [0, 0.1) is 11.6 Å². The van der Waals surface area contributed by atoms with Crippen LogP contribution in [0.25, 0.3) is 0 Å². The lowest BCUT2D eigenvalue weighted by Gasteiger charge is -2.41. The number of nitrogens with zero attached hydrogens (tertiary/aromatic N) is 2. The van der Waals surface area contributed by atoms with Crippen LogP contribution >= 0.6 is 34.7 Å². The first-order valence-electron chi connectivity index (χ1n) is 9.76. The van der Waals surface area contributed by atoms with E-state index in [-0.39, 0.29) is 5.13 Å². The normalized spacial score (nSPS) is 20.2. The minimum atomic E-state index is -4.45. The fourth-order valence-corrected chi connectivity index (χ4v) is 5.59. The SMILES string of the molecule is CC1(C)CN[C@H](c2cc(Cl)cc(Cl)c2)[C@@H](Oc2cc(F)c(S(=O)(=O)Nc3ncns3)cc2F)O1. The van der Waals surface area contributed by atoms with Gasteiger partial charge in [0.05, 0.1) is 11.6 Å². The molecule has 1 aliphatic rings. The van der Waals surface area contributed by atoms with Gasteiger partial charge >= 0.3 is 0 Å². The van der Waals surface area contributed by atoms with Crippen molar-refractivity contribution < 1.29 is 26.7 Å². The molecule has 1 aliphatic heterocycles. The van der Waals surface area contributed by atoms with Gasteiger partial charge in [0.2, 0.25) is 11.4 Å². The zero-order valence-corrected chi connectivity index (χ0v) is 20.8. The number of anilines is 1. The lowest BCUT2D eigenvalue weighted by atomic mass is 10.0. The van der Waals surface area contributed by atoms with Crippen LogP contribution in [0.3, 0.4) is 0 Å². The largest absolute Gasteiger partial charge is 0.460 e. The topological polar surface area (TPSA) is 102 Å². The molecule has 2 atom stereocenters. The molecule has 0 radical (unpaired) electrons. The molecule has 34 heavy (non-hydrogen) atoms. The third-order valence-corrected chi connectivity index (χ3v) is 7.30. The third kappa shape index (κ3) is 5.58. The van der Waals surface area contributed by atoms with Crippen molar-refractivity contribution in [2.75, 3.05) is 11.3 Å². The molecule has 0 spiro atoms. The van der Waals surface area contributed by atoms with Gasteiger partial charge in [0.25, 0.3) is 10.0 Å². The van der Waals surface area contributed by atoms with E-state index >= 15 is 0 Å². The minimum absolute atomic E-state index is 0.0907. The number of ether oxygens (including phenoxy) is 2. The summed E-state index contributed by atoms with van der Waals surface area (Å²) >= 11 is 13.0. The van der Waals surface area contributed by atoms with Gasteiger partial charge in [-0.3, -0.25) is 4.72 Å². The van der Waals surface area contributed by atoms with Crippen LogP contribution in [-0.4, -0.2) is 36.2 Å². The van der Waals surface area contributed by atoms with Crippen molar-refractivity contribution in [3.05, 3.63) is 63.9 Å². The molecule has 0 unspecified atom stereocenters. The fraction of sp³-hybridized carbons (Fsp3) is 0.300. The van der Waals surface area contributed by atoms with Crippen molar-refractivity contribution in [2.24, 2.45) is 0 Å². The molecule has 182 valence electrons. The van der Waals surface area contributed by atoms with Gasteiger partial charge in [-0.05, 0) is 37.6 Å². The Kier molecular flexibility index (Phi) is 7.00. The number of morpholine rings is 1. The molecule has 4 rings (SSSR count). The summed E-state index contributed by atoms with van der Waals surface area (Å²) in [6, 6.07) is 5.40. The molecule has 0 bridgehead atoms. The van der Waals surface area contributed by atoms with Gasteiger partial charge in [0.1, 0.15) is 17.0 Å². The number of hydrogen-bond acceptors (Lipinski definition) is 8. The van der Waals surface area contributed by atoms with E-state index in [1.54, 1.807) is 32.0 Å².